The Labute approximate surface area is 339 Å². The molecule has 3 rings (SSSR count). The van der Waals surface area contributed by atoms with E-state index in [1.807, 2.05) is 0 Å². The maximum atomic E-state index is 14.0. The molecule has 0 atom stereocenters. The van der Waals surface area contributed by atoms with E-state index in [1.54, 1.807) is 0 Å². The molecule has 0 unspecified atom stereocenters. The molecular formula is C51H85N3O. The lowest BCUT2D eigenvalue weighted by Crippen LogP contribution is -2.39. The maximum absolute atomic E-state index is 14.0. The first-order valence-electron chi connectivity index (χ1n) is 24.0. The number of hydrogen-bond donors (Lipinski definition) is 1. The molecule has 0 spiro atoms. The molecule has 0 bridgehead atoms. The molecule has 0 radical (unpaired) electrons. The summed E-state index contributed by atoms with van der Waals surface area (Å²) in [6.45, 7) is 6.66. The van der Waals surface area contributed by atoms with Crippen molar-refractivity contribution in [1.82, 2.24) is 10.3 Å². The van der Waals surface area contributed by atoms with Gasteiger partial charge >= 0.3 is 0 Å². The van der Waals surface area contributed by atoms with Crippen LogP contribution < -0.4 is 10.2 Å². The molecule has 55 heavy (non-hydrogen) atoms. The van der Waals surface area contributed by atoms with E-state index in [0.29, 0.717) is 6.54 Å². The molecule has 2 aromatic carbocycles. The van der Waals surface area contributed by atoms with Crippen molar-refractivity contribution in [2.45, 2.75) is 219 Å². The number of carbonyl (C=O) groups is 1. The monoisotopic (exact) mass is 756 g/mol. The molecule has 4 heteroatoms. The van der Waals surface area contributed by atoms with Crippen LogP contribution in [0, 0.1) is 0 Å². The molecule has 0 aliphatic heterocycles. The van der Waals surface area contributed by atoms with Gasteiger partial charge in [-0.25, -0.2) is 4.98 Å². The third kappa shape index (κ3) is 21.0. The van der Waals surface area contributed by atoms with Crippen molar-refractivity contribution in [3.05, 3.63) is 48.5 Å². The third-order valence-corrected chi connectivity index (χ3v) is 11.8. The highest BCUT2D eigenvalue weighted by Gasteiger charge is 2.21. The van der Waals surface area contributed by atoms with E-state index in [1.165, 1.54) is 193 Å². The summed E-state index contributed by atoms with van der Waals surface area (Å²) in [4.78, 5) is 21.1. The van der Waals surface area contributed by atoms with Gasteiger partial charge in [0.2, 0.25) is 5.91 Å². The van der Waals surface area contributed by atoms with E-state index in [9.17, 15) is 4.79 Å². The molecule has 0 saturated heterocycles. The molecule has 1 N–H and O–H groups in total. The maximum Gasteiger partial charge on any atom is 0.240 e. The summed E-state index contributed by atoms with van der Waals surface area (Å²) in [5, 5.41) is 5.68. The minimum Gasteiger partial charge on any atom is -0.310 e. The standard InChI is InChI=1S/C51H85N3O/c1-3-5-7-9-11-13-15-17-19-21-23-25-27-29-31-37-43-52-45-50(55)54(51-46-39-33-35-41-48(46)53-49-42-36-34-40-47(49)51)44-38-32-30-28-26-24-22-20-18-16-14-12-10-8-6-4-2/h33-36,39-42,52H,3-32,37-38,43-45H2,1-2H3. The highest BCUT2D eigenvalue weighted by Crippen LogP contribution is 2.34. The first kappa shape index (κ1) is 46.9. The summed E-state index contributed by atoms with van der Waals surface area (Å²) in [6, 6.07) is 16.7. The normalized spacial score (nSPS) is 11.6. The summed E-state index contributed by atoms with van der Waals surface area (Å²) in [6.07, 6.45) is 43.7. The molecule has 310 valence electrons. The number of carbonyl (C=O) groups excluding carboxylic acids is 1. The Morgan fingerprint density at radius 3 is 1.16 bits per heavy atom. The summed E-state index contributed by atoms with van der Waals surface area (Å²) >= 11 is 0. The van der Waals surface area contributed by atoms with Crippen molar-refractivity contribution in [3.8, 4) is 0 Å². The van der Waals surface area contributed by atoms with Crippen LogP contribution in [0.5, 0.6) is 0 Å². The highest BCUT2D eigenvalue weighted by atomic mass is 16.2. The van der Waals surface area contributed by atoms with Gasteiger partial charge < -0.3 is 10.2 Å². The average Bonchev–Trinajstić information content (AvgIpc) is 3.21. The Morgan fingerprint density at radius 1 is 0.455 bits per heavy atom. The summed E-state index contributed by atoms with van der Waals surface area (Å²) in [7, 11) is 0. The number of para-hydroxylation sites is 2. The van der Waals surface area contributed by atoms with E-state index in [-0.39, 0.29) is 5.91 Å². The Balaban J connectivity index is 1.34. The fourth-order valence-corrected chi connectivity index (χ4v) is 8.38. The number of benzene rings is 2. The van der Waals surface area contributed by atoms with Gasteiger partial charge in [0.05, 0.1) is 23.3 Å². The smallest absolute Gasteiger partial charge is 0.240 e. The fourth-order valence-electron chi connectivity index (χ4n) is 8.38. The van der Waals surface area contributed by atoms with Gasteiger partial charge in [-0.05, 0) is 31.5 Å². The number of rotatable bonds is 37. The van der Waals surface area contributed by atoms with Crippen molar-refractivity contribution >= 4 is 33.4 Å². The number of amides is 1. The van der Waals surface area contributed by atoms with Crippen LogP contribution in [-0.4, -0.2) is 30.5 Å². The molecule has 4 nitrogen and oxygen atoms in total. The predicted molar refractivity (Wildman–Crippen MR) is 244 cm³/mol. The zero-order chi connectivity index (χ0) is 38.9. The van der Waals surface area contributed by atoms with Crippen LogP contribution in [0.25, 0.3) is 21.8 Å². The molecule has 1 aromatic heterocycles. The lowest BCUT2D eigenvalue weighted by Gasteiger charge is -2.26. The number of hydrogen-bond acceptors (Lipinski definition) is 3. The van der Waals surface area contributed by atoms with Crippen LogP contribution in [0.1, 0.15) is 219 Å². The highest BCUT2D eigenvalue weighted by molar-refractivity contribution is 6.14. The summed E-state index contributed by atoms with van der Waals surface area (Å²) in [5.41, 5.74) is 2.96. The lowest BCUT2D eigenvalue weighted by molar-refractivity contribution is -0.117. The lowest BCUT2D eigenvalue weighted by atomic mass is 10.0. The molecule has 0 aliphatic carbocycles. The molecule has 0 saturated carbocycles. The van der Waals surface area contributed by atoms with E-state index >= 15 is 0 Å². The number of unbranched alkanes of at least 4 members (excludes halogenated alkanes) is 30. The molecule has 0 fully saturated rings. The molecule has 3 aromatic rings. The minimum absolute atomic E-state index is 0.180. The Hall–Kier alpha value is -2.46. The molecule has 0 aliphatic rings. The van der Waals surface area contributed by atoms with Gasteiger partial charge in [-0.2, -0.15) is 0 Å². The van der Waals surface area contributed by atoms with Crippen molar-refractivity contribution in [2.24, 2.45) is 0 Å². The number of anilines is 1. The Bertz CT molecular complexity index is 1300. The largest absolute Gasteiger partial charge is 0.310 e. The number of pyridine rings is 1. The minimum atomic E-state index is 0.180. The predicted octanol–water partition coefficient (Wildman–Crippen LogP) is 15.8. The fraction of sp³-hybridized carbons (Fsp3) is 0.725. The van der Waals surface area contributed by atoms with Gasteiger partial charge in [0, 0.05) is 17.3 Å². The average molecular weight is 756 g/mol. The van der Waals surface area contributed by atoms with Crippen molar-refractivity contribution in [1.29, 1.82) is 0 Å². The van der Waals surface area contributed by atoms with Crippen molar-refractivity contribution in [2.75, 3.05) is 24.5 Å². The molecular weight excluding hydrogens is 671 g/mol. The second-order valence-electron chi connectivity index (χ2n) is 16.8. The number of nitrogens with zero attached hydrogens (tertiary/aromatic N) is 2. The number of fused-ring (bicyclic) bond motifs is 2. The van der Waals surface area contributed by atoms with Gasteiger partial charge in [-0.1, -0.05) is 243 Å². The van der Waals surface area contributed by atoms with Crippen molar-refractivity contribution < 1.29 is 4.79 Å². The van der Waals surface area contributed by atoms with Gasteiger partial charge in [0.15, 0.2) is 0 Å². The number of aromatic nitrogens is 1. The van der Waals surface area contributed by atoms with Crippen LogP contribution in [0.4, 0.5) is 5.69 Å². The SMILES string of the molecule is CCCCCCCCCCCCCCCCCCNCC(=O)N(CCCCCCCCCCCCCCCCCC)c1c2ccccc2nc2ccccc12. The van der Waals surface area contributed by atoms with Gasteiger partial charge in [-0.3, -0.25) is 4.79 Å². The van der Waals surface area contributed by atoms with Crippen LogP contribution in [0.15, 0.2) is 48.5 Å². The Morgan fingerprint density at radius 2 is 0.782 bits per heavy atom. The first-order valence-corrected chi connectivity index (χ1v) is 24.0. The molecule has 1 heterocycles. The van der Waals surface area contributed by atoms with Crippen LogP contribution >= 0.6 is 0 Å². The second kappa shape index (κ2) is 32.6. The zero-order valence-corrected chi connectivity index (χ0v) is 36.2. The van der Waals surface area contributed by atoms with Crippen LogP contribution in [0.3, 0.4) is 0 Å². The Kier molecular flexibility index (Phi) is 27.8. The van der Waals surface area contributed by atoms with Gasteiger partial charge in [-0.15, -0.1) is 0 Å². The summed E-state index contributed by atoms with van der Waals surface area (Å²) in [5.74, 6) is 0.180. The topological polar surface area (TPSA) is 45.2 Å². The molecule has 1 amide bonds. The van der Waals surface area contributed by atoms with Gasteiger partial charge in [0.1, 0.15) is 0 Å². The van der Waals surface area contributed by atoms with E-state index in [2.05, 4.69) is 72.6 Å². The summed E-state index contributed by atoms with van der Waals surface area (Å²) < 4.78 is 0. The third-order valence-electron chi connectivity index (χ3n) is 11.8. The number of nitrogens with one attached hydrogen (secondary N) is 1. The van der Waals surface area contributed by atoms with E-state index in [0.717, 1.165) is 53.4 Å². The van der Waals surface area contributed by atoms with Crippen LogP contribution in [-0.2, 0) is 4.79 Å². The van der Waals surface area contributed by atoms with E-state index < -0.39 is 0 Å². The zero-order valence-electron chi connectivity index (χ0n) is 36.2. The second-order valence-corrected chi connectivity index (χ2v) is 16.8. The van der Waals surface area contributed by atoms with Crippen LogP contribution in [0.2, 0.25) is 0 Å². The quantitative estimate of drug-likeness (QED) is 0.0471. The van der Waals surface area contributed by atoms with Gasteiger partial charge in [0.25, 0.3) is 0 Å². The van der Waals surface area contributed by atoms with Crippen molar-refractivity contribution in [3.63, 3.8) is 0 Å². The van der Waals surface area contributed by atoms with E-state index in [4.69, 9.17) is 4.98 Å². The first-order chi connectivity index (χ1) is 27.3.